The fourth-order valence-corrected chi connectivity index (χ4v) is 2.60. The number of halogens is 1. The largest absolute Gasteiger partial charge is 0.309 e. The molecule has 2 rings (SSSR count). The summed E-state index contributed by atoms with van der Waals surface area (Å²) < 4.78 is 1.16. The lowest BCUT2D eigenvalue weighted by molar-refractivity contribution is 0.687. The van der Waals surface area contributed by atoms with Gasteiger partial charge in [0.2, 0.25) is 0 Å². The van der Waals surface area contributed by atoms with Crippen LogP contribution in [0.4, 0.5) is 0 Å². The van der Waals surface area contributed by atoms with Crippen molar-refractivity contribution in [3.05, 3.63) is 69.2 Å². The van der Waals surface area contributed by atoms with Crippen molar-refractivity contribution in [1.29, 1.82) is 0 Å². The number of rotatable bonds is 3. The van der Waals surface area contributed by atoms with Crippen molar-refractivity contribution in [3.8, 4) is 0 Å². The first-order chi connectivity index (χ1) is 8.63. The molecule has 0 aliphatic rings. The third-order valence-electron chi connectivity index (χ3n) is 3.32. The Hall–Kier alpha value is -1.12. The first-order valence-corrected chi connectivity index (χ1v) is 6.91. The van der Waals surface area contributed by atoms with Gasteiger partial charge in [0.15, 0.2) is 0 Å². The van der Waals surface area contributed by atoms with Gasteiger partial charge in [0.25, 0.3) is 0 Å². The maximum atomic E-state index is 3.61. The van der Waals surface area contributed by atoms with Crippen molar-refractivity contribution in [1.82, 2.24) is 5.32 Å². The van der Waals surface area contributed by atoms with Crippen molar-refractivity contribution in [2.75, 3.05) is 7.05 Å². The summed E-state index contributed by atoms with van der Waals surface area (Å²) in [5.41, 5.74) is 5.19. The molecule has 0 amide bonds. The minimum absolute atomic E-state index is 0.239. The van der Waals surface area contributed by atoms with Gasteiger partial charge in [0.05, 0.1) is 6.04 Å². The predicted octanol–water partition coefficient (Wildman–Crippen LogP) is 4.37. The lowest BCUT2D eigenvalue weighted by Gasteiger charge is -2.20. The molecule has 94 valence electrons. The van der Waals surface area contributed by atoms with Crippen molar-refractivity contribution in [2.24, 2.45) is 0 Å². The lowest BCUT2D eigenvalue weighted by Crippen LogP contribution is -2.18. The van der Waals surface area contributed by atoms with Gasteiger partial charge in [0.1, 0.15) is 0 Å². The molecule has 1 nitrogen and oxygen atoms in total. The Morgan fingerprint density at radius 2 is 1.72 bits per heavy atom. The summed E-state index contributed by atoms with van der Waals surface area (Å²) in [6.45, 7) is 4.26. The Morgan fingerprint density at radius 3 is 2.33 bits per heavy atom. The summed E-state index contributed by atoms with van der Waals surface area (Å²) in [5.74, 6) is 0. The SMILES string of the molecule is CNC(c1ccc(C)c(Br)c1)c1ccccc1C. The maximum absolute atomic E-state index is 3.61. The summed E-state index contributed by atoms with van der Waals surface area (Å²) in [4.78, 5) is 0. The second-order valence-corrected chi connectivity index (χ2v) is 5.44. The topological polar surface area (TPSA) is 12.0 Å². The summed E-state index contributed by atoms with van der Waals surface area (Å²) in [5, 5.41) is 3.40. The highest BCUT2D eigenvalue weighted by molar-refractivity contribution is 9.10. The fourth-order valence-electron chi connectivity index (χ4n) is 2.20. The van der Waals surface area contributed by atoms with E-state index in [-0.39, 0.29) is 6.04 Å². The minimum Gasteiger partial charge on any atom is -0.309 e. The Bertz CT molecular complexity index is 549. The van der Waals surface area contributed by atoms with Gasteiger partial charge in [0, 0.05) is 4.47 Å². The second kappa shape index (κ2) is 5.68. The van der Waals surface area contributed by atoms with Gasteiger partial charge < -0.3 is 5.32 Å². The molecule has 0 radical (unpaired) electrons. The van der Waals surface area contributed by atoms with E-state index in [1.165, 1.54) is 22.3 Å². The van der Waals surface area contributed by atoms with Crippen LogP contribution in [-0.2, 0) is 0 Å². The molecule has 2 heteroatoms. The van der Waals surface area contributed by atoms with Crippen LogP contribution in [0.3, 0.4) is 0 Å². The Labute approximate surface area is 117 Å². The average Bonchev–Trinajstić information content (AvgIpc) is 2.37. The molecule has 2 aromatic carbocycles. The van der Waals surface area contributed by atoms with Gasteiger partial charge in [-0.25, -0.2) is 0 Å². The third-order valence-corrected chi connectivity index (χ3v) is 4.17. The minimum atomic E-state index is 0.239. The smallest absolute Gasteiger partial charge is 0.0577 e. The van der Waals surface area contributed by atoms with Gasteiger partial charge in [-0.2, -0.15) is 0 Å². The van der Waals surface area contributed by atoms with E-state index >= 15 is 0 Å². The van der Waals surface area contributed by atoms with Gasteiger partial charge in [-0.3, -0.25) is 0 Å². The van der Waals surface area contributed by atoms with E-state index in [1.54, 1.807) is 0 Å². The maximum Gasteiger partial charge on any atom is 0.0577 e. The summed E-state index contributed by atoms with van der Waals surface area (Å²) in [7, 11) is 2.00. The molecule has 1 N–H and O–H groups in total. The molecule has 0 aliphatic carbocycles. The van der Waals surface area contributed by atoms with Gasteiger partial charge in [-0.15, -0.1) is 0 Å². The summed E-state index contributed by atoms with van der Waals surface area (Å²) in [6.07, 6.45) is 0. The van der Waals surface area contributed by atoms with Gasteiger partial charge in [-0.05, 0) is 49.2 Å². The molecule has 0 aromatic heterocycles. The Kier molecular flexibility index (Phi) is 4.20. The first-order valence-electron chi connectivity index (χ1n) is 6.12. The van der Waals surface area contributed by atoms with Crippen LogP contribution in [0.2, 0.25) is 0 Å². The van der Waals surface area contributed by atoms with Crippen LogP contribution in [0.15, 0.2) is 46.9 Å². The molecule has 18 heavy (non-hydrogen) atoms. The fraction of sp³-hybridized carbons (Fsp3) is 0.250. The highest BCUT2D eigenvalue weighted by Crippen LogP contribution is 2.27. The van der Waals surface area contributed by atoms with Crippen molar-refractivity contribution in [3.63, 3.8) is 0 Å². The number of aryl methyl sites for hydroxylation is 2. The van der Waals surface area contributed by atoms with Crippen LogP contribution >= 0.6 is 15.9 Å². The first kappa shape index (κ1) is 13.3. The van der Waals surface area contributed by atoms with E-state index in [4.69, 9.17) is 0 Å². The molecular weight excluding hydrogens is 286 g/mol. The van der Waals surface area contributed by atoms with Crippen LogP contribution in [-0.4, -0.2) is 7.05 Å². The van der Waals surface area contributed by atoms with Crippen molar-refractivity contribution in [2.45, 2.75) is 19.9 Å². The van der Waals surface area contributed by atoms with Gasteiger partial charge >= 0.3 is 0 Å². The number of hydrogen-bond acceptors (Lipinski definition) is 1. The van der Waals surface area contributed by atoms with Crippen molar-refractivity contribution < 1.29 is 0 Å². The lowest BCUT2D eigenvalue weighted by atomic mass is 9.95. The standard InChI is InChI=1S/C16H18BrN/c1-11-6-4-5-7-14(11)16(18-3)13-9-8-12(2)15(17)10-13/h4-10,16,18H,1-3H3. The molecule has 0 bridgehead atoms. The van der Waals surface area contributed by atoms with Gasteiger partial charge in [-0.1, -0.05) is 52.3 Å². The third kappa shape index (κ3) is 2.65. The van der Waals surface area contributed by atoms with Crippen molar-refractivity contribution >= 4 is 15.9 Å². The molecule has 0 fully saturated rings. The number of nitrogens with one attached hydrogen (secondary N) is 1. The van der Waals surface area contributed by atoms with Crippen LogP contribution < -0.4 is 5.32 Å². The van der Waals surface area contributed by atoms with Crippen LogP contribution in [0.25, 0.3) is 0 Å². The molecule has 0 saturated heterocycles. The van der Waals surface area contributed by atoms with Crippen LogP contribution in [0, 0.1) is 13.8 Å². The zero-order valence-electron chi connectivity index (χ0n) is 11.0. The van der Waals surface area contributed by atoms with E-state index in [0.717, 1.165) is 4.47 Å². The van der Waals surface area contributed by atoms with E-state index in [1.807, 2.05) is 7.05 Å². The zero-order valence-corrected chi connectivity index (χ0v) is 12.6. The molecule has 1 unspecified atom stereocenters. The van der Waals surface area contributed by atoms with E-state index in [9.17, 15) is 0 Å². The van der Waals surface area contributed by atoms with Crippen LogP contribution in [0.1, 0.15) is 28.3 Å². The molecular formula is C16H18BrN. The summed E-state index contributed by atoms with van der Waals surface area (Å²) in [6, 6.07) is 15.3. The molecule has 0 saturated carbocycles. The highest BCUT2D eigenvalue weighted by atomic mass is 79.9. The molecule has 1 atom stereocenters. The molecule has 2 aromatic rings. The highest BCUT2D eigenvalue weighted by Gasteiger charge is 2.14. The second-order valence-electron chi connectivity index (χ2n) is 4.59. The molecule has 0 heterocycles. The Balaban J connectivity index is 2.45. The quantitative estimate of drug-likeness (QED) is 0.887. The molecule has 0 spiro atoms. The normalized spacial score (nSPS) is 12.4. The molecule has 0 aliphatic heterocycles. The van der Waals surface area contributed by atoms with E-state index < -0.39 is 0 Å². The Morgan fingerprint density at radius 1 is 1.00 bits per heavy atom. The zero-order chi connectivity index (χ0) is 13.1. The van der Waals surface area contributed by atoms with E-state index in [0.29, 0.717) is 0 Å². The monoisotopic (exact) mass is 303 g/mol. The summed E-state index contributed by atoms with van der Waals surface area (Å²) >= 11 is 3.61. The van der Waals surface area contributed by atoms with E-state index in [2.05, 4.69) is 77.6 Å². The van der Waals surface area contributed by atoms with Crippen LogP contribution in [0.5, 0.6) is 0 Å². The number of hydrogen-bond donors (Lipinski definition) is 1. The average molecular weight is 304 g/mol. The number of benzene rings is 2. The predicted molar refractivity (Wildman–Crippen MR) is 81.0 cm³/mol.